The van der Waals surface area contributed by atoms with E-state index in [-0.39, 0.29) is 12.1 Å². The Labute approximate surface area is 129 Å². The van der Waals surface area contributed by atoms with Crippen LogP contribution in [0.5, 0.6) is 0 Å². The van der Waals surface area contributed by atoms with E-state index in [1.165, 1.54) is 4.31 Å². The molecule has 0 amide bonds. The minimum atomic E-state index is -3.43. The van der Waals surface area contributed by atoms with Crippen LogP contribution in [0.1, 0.15) is 52.3 Å². The van der Waals surface area contributed by atoms with E-state index >= 15 is 0 Å². The second kappa shape index (κ2) is 7.42. The molecule has 0 saturated carbocycles. The number of hydrogen-bond donors (Lipinski definition) is 1. The van der Waals surface area contributed by atoms with Gasteiger partial charge in [0, 0.05) is 37.6 Å². The van der Waals surface area contributed by atoms with Crippen molar-refractivity contribution in [1.29, 1.82) is 0 Å². The van der Waals surface area contributed by atoms with Crippen LogP contribution in [0.2, 0.25) is 0 Å². The molecule has 1 aromatic heterocycles. The second-order valence-corrected chi connectivity index (χ2v) is 7.69. The third-order valence-corrected chi connectivity index (χ3v) is 5.83. The Bertz CT molecular complexity index is 545. The van der Waals surface area contributed by atoms with Crippen LogP contribution < -0.4 is 5.32 Å². The fourth-order valence-electron chi connectivity index (χ4n) is 2.61. The summed E-state index contributed by atoms with van der Waals surface area (Å²) >= 11 is 0. The maximum Gasteiger partial charge on any atom is 0.244 e. The molecule has 0 bridgehead atoms. The van der Waals surface area contributed by atoms with Crippen molar-refractivity contribution in [3.8, 4) is 0 Å². The number of sulfonamides is 1. The molecule has 0 aliphatic heterocycles. The summed E-state index contributed by atoms with van der Waals surface area (Å²) in [4.78, 5) is 0.385. The van der Waals surface area contributed by atoms with E-state index in [0.717, 1.165) is 18.5 Å². The van der Waals surface area contributed by atoms with Crippen LogP contribution in [-0.2, 0) is 16.6 Å². The zero-order valence-corrected chi connectivity index (χ0v) is 14.9. The lowest BCUT2D eigenvalue weighted by Gasteiger charge is -2.25. The van der Waals surface area contributed by atoms with Gasteiger partial charge in [-0.1, -0.05) is 13.8 Å². The molecule has 0 saturated heterocycles. The summed E-state index contributed by atoms with van der Waals surface area (Å²) in [6.07, 6.45) is 3.40. The van der Waals surface area contributed by atoms with Gasteiger partial charge in [0.05, 0.1) is 0 Å². The lowest BCUT2D eigenvalue weighted by atomic mass is 10.2. The van der Waals surface area contributed by atoms with Crippen molar-refractivity contribution >= 4 is 10.0 Å². The van der Waals surface area contributed by atoms with E-state index in [2.05, 4.69) is 19.2 Å². The summed E-state index contributed by atoms with van der Waals surface area (Å²) in [5.74, 6) is 0. The van der Waals surface area contributed by atoms with Crippen molar-refractivity contribution in [3.63, 3.8) is 0 Å². The molecule has 1 rings (SSSR count). The van der Waals surface area contributed by atoms with Gasteiger partial charge >= 0.3 is 0 Å². The highest BCUT2D eigenvalue weighted by Crippen LogP contribution is 2.24. The quantitative estimate of drug-likeness (QED) is 0.802. The maximum absolute atomic E-state index is 12.8. The highest BCUT2D eigenvalue weighted by Gasteiger charge is 2.28. The highest BCUT2D eigenvalue weighted by molar-refractivity contribution is 7.89. The molecule has 1 aromatic rings. The van der Waals surface area contributed by atoms with Crippen molar-refractivity contribution in [3.05, 3.63) is 18.0 Å². The summed E-state index contributed by atoms with van der Waals surface area (Å²) in [6.45, 7) is 8.81. The molecule has 0 fully saturated rings. The van der Waals surface area contributed by atoms with Crippen LogP contribution >= 0.6 is 0 Å². The predicted molar refractivity (Wildman–Crippen MR) is 86.9 cm³/mol. The van der Waals surface area contributed by atoms with Gasteiger partial charge in [-0.2, -0.15) is 4.31 Å². The Balaban J connectivity index is 3.22. The fraction of sp³-hybridized carbons (Fsp3) is 0.733. The van der Waals surface area contributed by atoms with Gasteiger partial charge in [-0.25, -0.2) is 8.42 Å². The Morgan fingerprint density at radius 2 is 1.86 bits per heavy atom. The molecule has 21 heavy (non-hydrogen) atoms. The molecule has 0 aromatic carbocycles. The molecule has 0 aliphatic rings. The standard InChI is InChI=1S/C15H29N3O2S/c1-7-13(8-2)17(6)21(19,20)15-9-14(10-16-5)18(11-15)12(3)4/h9,11-13,16H,7-8,10H2,1-6H3. The molecule has 0 radical (unpaired) electrons. The van der Waals surface area contributed by atoms with Crippen LogP contribution in [0, 0.1) is 0 Å². The lowest BCUT2D eigenvalue weighted by Crippen LogP contribution is -2.36. The van der Waals surface area contributed by atoms with Gasteiger partial charge in [0.15, 0.2) is 0 Å². The molecule has 0 aliphatic carbocycles. The first-order valence-electron chi connectivity index (χ1n) is 7.62. The van der Waals surface area contributed by atoms with Crippen molar-refractivity contribution in [2.45, 2.75) is 64.1 Å². The summed E-state index contributed by atoms with van der Waals surface area (Å²) in [5, 5.41) is 3.09. The largest absolute Gasteiger partial charge is 0.346 e. The second-order valence-electron chi connectivity index (χ2n) is 5.69. The maximum atomic E-state index is 12.8. The van der Waals surface area contributed by atoms with E-state index < -0.39 is 10.0 Å². The molecular weight excluding hydrogens is 286 g/mol. The van der Waals surface area contributed by atoms with Gasteiger partial charge in [0.1, 0.15) is 4.90 Å². The monoisotopic (exact) mass is 315 g/mol. The number of rotatable bonds is 8. The molecule has 0 spiro atoms. The van der Waals surface area contributed by atoms with Crippen molar-refractivity contribution in [1.82, 2.24) is 14.2 Å². The predicted octanol–water partition coefficient (Wildman–Crippen LogP) is 2.60. The first kappa shape index (κ1) is 18.2. The summed E-state index contributed by atoms with van der Waals surface area (Å²) in [7, 11) is 0.110. The van der Waals surface area contributed by atoms with Crippen LogP contribution in [0.25, 0.3) is 0 Å². The molecule has 0 unspecified atom stereocenters. The van der Waals surface area contributed by atoms with Crippen LogP contribution in [0.4, 0.5) is 0 Å². The molecule has 1 N–H and O–H groups in total. The molecule has 1 heterocycles. The van der Waals surface area contributed by atoms with Crippen LogP contribution in [0.15, 0.2) is 17.2 Å². The summed E-state index contributed by atoms with van der Waals surface area (Å²) in [5.41, 5.74) is 0.990. The van der Waals surface area contributed by atoms with Gasteiger partial charge in [-0.05, 0) is 39.8 Å². The van der Waals surface area contributed by atoms with Gasteiger partial charge in [-0.3, -0.25) is 0 Å². The van der Waals surface area contributed by atoms with Crippen LogP contribution in [0.3, 0.4) is 0 Å². The highest BCUT2D eigenvalue weighted by atomic mass is 32.2. The van der Waals surface area contributed by atoms with Crippen molar-refractivity contribution < 1.29 is 8.42 Å². The summed E-state index contributed by atoms with van der Waals surface area (Å²) in [6, 6.07) is 2.06. The zero-order chi connectivity index (χ0) is 16.2. The van der Waals surface area contributed by atoms with Gasteiger partial charge in [0.25, 0.3) is 0 Å². The Morgan fingerprint density at radius 3 is 2.29 bits per heavy atom. The normalized spacial score (nSPS) is 12.8. The van der Waals surface area contributed by atoms with Gasteiger partial charge < -0.3 is 9.88 Å². The average molecular weight is 315 g/mol. The lowest BCUT2D eigenvalue weighted by molar-refractivity contribution is 0.349. The van der Waals surface area contributed by atoms with E-state index in [9.17, 15) is 8.42 Å². The SMILES string of the molecule is CCC(CC)N(C)S(=O)(=O)c1cc(CNC)n(C(C)C)c1. The first-order chi connectivity index (χ1) is 9.79. The topological polar surface area (TPSA) is 54.3 Å². The van der Waals surface area contributed by atoms with E-state index in [1.54, 1.807) is 19.3 Å². The first-order valence-corrected chi connectivity index (χ1v) is 9.06. The van der Waals surface area contributed by atoms with Crippen molar-refractivity contribution in [2.75, 3.05) is 14.1 Å². The Kier molecular flexibility index (Phi) is 6.43. The smallest absolute Gasteiger partial charge is 0.244 e. The van der Waals surface area contributed by atoms with Crippen LogP contribution in [-0.4, -0.2) is 37.4 Å². The van der Waals surface area contributed by atoms with Crippen molar-refractivity contribution in [2.24, 2.45) is 0 Å². The molecule has 5 nitrogen and oxygen atoms in total. The van der Waals surface area contributed by atoms with Gasteiger partial charge in [0.2, 0.25) is 10.0 Å². The molecular formula is C15H29N3O2S. The van der Waals surface area contributed by atoms with E-state index in [4.69, 9.17) is 0 Å². The third-order valence-electron chi connectivity index (χ3n) is 3.95. The number of hydrogen-bond acceptors (Lipinski definition) is 3. The number of nitrogens with zero attached hydrogens (tertiary/aromatic N) is 2. The van der Waals surface area contributed by atoms with E-state index in [0.29, 0.717) is 11.4 Å². The Hall–Kier alpha value is -0.850. The third kappa shape index (κ3) is 3.87. The number of aromatic nitrogens is 1. The minimum Gasteiger partial charge on any atom is -0.346 e. The number of nitrogens with one attached hydrogen (secondary N) is 1. The molecule has 0 atom stereocenters. The average Bonchev–Trinajstić information content (AvgIpc) is 2.85. The molecule has 6 heteroatoms. The zero-order valence-electron chi connectivity index (χ0n) is 14.0. The Morgan fingerprint density at radius 1 is 1.29 bits per heavy atom. The minimum absolute atomic E-state index is 0.0464. The van der Waals surface area contributed by atoms with E-state index in [1.807, 2.05) is 25.5 Å². The fourth-order valence-corrected chi connectivity index (χ4v) is 4.16. The molecule has 122 valence electrons. The summed E-state index contributed by atoms with van der Waals surface area (Å²) < 4.78 is 29.1. The van der Waals surface area contributed by atoms with Gasteiger partial charge in [-0.15, -0.1) is 0 Å².